The average Bonchev–Trinajstić information content (AvgIpc) is 3.00. The highest BCUT2D eigenvalue weighted by Crippen LogP contribution is 2.12. The van der Waals surface area contributed by atoms with Gasteiger partial charge in [-0.05, 0) is 24.6 Å². The van der Waals surface area contributed by atoms with Gasteiger partial charge in [0.15, 0.2) is 0 Å². The van der Waals surface area contributed by atoms with E-state index in [2.05, 4.69) is 29.5 Å². The van der Waals surface area contributed by atoms with Crippen molar-refractivity contribution in [2.75, 3.05) is 6.54 Å². The Morgan fingerprint density at radius 3 is 3.05 bits per heavy atom. The molecule has 1 N–H and O–H groups in total. The van der Waals surface area contributed by atoms with E-state index in [0.717, 1.165) is 29.6 Å². The fourth-order valence-corrected chi connectivity index (χ4v) is 2.36. The Kier molecular flexibility index (Phi) is 5.57. The Morgan fingerprint density at radius 1 is 1.42 bits per heavy atom. The summed E-state index contributed by atoms with van der Waals surface area (Å²) in [6.45, 7) is 7.27. The van der Waals surface area contributed by atoms with E-state index in [1.807, 2.05) is 12.1 Å². The maximum Gasteiger partial charge on any atom is 0.129 e. The maximum atomic E-state index is 5.55. The van der Waals surface area contributed by atoms with Crippen LogP contribution in [0.3, 0.4) is 0 Å². The van der Waals surface area contributed by atoms with Crippen molar-refractivity contribution in [2.45, 2.75) is 33.6 Å². The van der Waals surface area contributed by atoms with Gasteiger partial charge in [-0.15, -0.1) is 11.3 Å². The molecule has 0 fully saturated rings. The van der Waals surface area contributed by atoms with Crippen LogP contribution in [-0.2, 0) is 24.5 Å². The number of thiazole rings is 1. The smallest absolute Gasteiger partial charge is 0.129 e. The van der Waals surface area contributed by atoms with Crippen LogP contribution in [0.15, 0.2) is 28.2 Å². The number of hydrogen-bond acceptors (Lipinski definition) is 5. The molecule has 0 unspecified atom stereocenters. The largest absolute Gasteiger partial charge is 0.467 e. The summed E-state index contributed by atoms with van der Waals surface area (Å²) in [5, 5.41) is 6.54. The molecular formula is C14H20N2O2S. The molecule has 0 aromatic carbocycles. The van der Waals surface area contributed by atoms with Crippen LogP contribution in [-0.4, -0.2) is 11.5 Å². The molecule has 0 aliphatic heterocycles. The number of ether oxygens (including phenoxy) is 1. The first-order valence-corrected chi connectivity index (χ1v) is 7.36. The van der Waals surface area contributed by atoms with Gasteiger partial charge in [-0.3, -0.25) is 0 Å². The summed E-state index contributed by atoms with van der Waals surface area (Å²) < 4.78 is 10.7. The lowest BCUT2D eigenvalue weighted by molar-refractivity contribution is 0.0909. The number of hydrogen-bond donors (Lipinski definition) is 1. The zero-order chi connectivity index (χ0) is 13.5. The summed E-state index contributed by atoms with van der Waals surface area (Å²) in [6.07, 6.45) is 1.65. The summed E-state index contributed by atoms with van der Waals surface area (Å²) in [4.78, 5) is 4.53. The van der Waals surface area contributed by atoms with Gasteiger partial charge in [-0.2, -0.15) is 0 Å². The molecule has 0 radical (unpaired) electrons. The second-order valence-corrected chi connectivity index (χ2v) is 5.77. The predicted molar refractivity (Wildman–Crippen MR) is 75.9 cm³/mol. The van der Waals surface area contributed by atoms with Gasteiger partial charge in [0.25, 0.3) is 0 Å². The Morgan fingerprint density at radius 2 is 2.32 bits per heavy atom. The summed E-state index contributed by atoms with van der Waals surface area (Å²) >= 11 is 1.67. The topological polar surface area (TPSA) is 47.3 Å². The molecule has 2 rings (SSSR count). The first-order valence-electron chi connectivity index (χ1n) is 6.48. The van der Waals surface area contributed by atoms with E-state index in [1.54, 1.807) is 17.6 Å². The Labute approximate surface area is 117 Å². The minimum atomic E-state index is 0.492. The molecule has 4 nitrogen and oxygen atoms in total. The minimum absolute atomic E-state index is 0.492. The van der Waals surface area contributed by atoms with Gasteiger partial charge < -0.3 is 14.5 Å². The summed E-state index contributed by atoms with van der Waals surface area (Å²) in [5.74, 6) is 1.50. The van der Waals surface area contributed by atoms with Gasteiger partial charge in [0.1, 0.15) is 17.4 Å². The minimum Gasteiger partial charge on any atom is -0.467 e. The monoisotopic (exact) mass is 280 g/mol. The molecule has 2 heterocycles. The molecule has 0 aliphatic carbocycles. The highest BCUT2D eigenvalue weighted by molar-refractivity contribution is 7.09. The summed E-state index contributed by atoms with van der Waals surface area (Å²) in [6, 6.07) is 3.77. The lowest BCUT2D eigenvalue weighted by atomic mass is 10.2. The van der Waals surface area contributed by atoms with E-state index >= 15 is 0 Å². The van der Waals surface area contributed by atoms with Crippen molar-refractivity contribution >= 4 is 11.3 Å². The Hall–Kier alpha value is -1.17. The molecule has 19 heavy (non-hydrogen) atoms. The van der Waals surface area contributed by atoms with Crippen LogP contribution in [0.4, 0.5) is 0 Å². The van der Waals surface area contributed by atoms with Gasteiger partial charge in [-0.25, -0.2) is 4.98 Å². The molecule has 104 valence electrons. The Balaban J connectivity index is 1.68. The number of aromatic nitrogens is 1. The molecule has 2 aromatic rings. The van der Waals surface area contributed by atoms with E-state index in [0.29, 0.717) is 19.1 Å². The van der Waals surface area contributed by atoms with Gasteiger partial charge in [0.05, 0.1) is 18.6 Å². The molecular weight excluding hydrogens is 260 g/mol. The third-order valence-electron chi connectivity index (χ3n) is 2.50. The lowest BCUT2D eigenvalue weighted by Crippen LogP contribution is -2.18. The van der Waals surface area contributed by atoms with Crippen LogP contribution in [0.25, 0.3) is 0 Å². The normalized spacial score (nSPS) is 11.3. The lowest BCUT2D eigenvalue weighted by Gasteiger charge is -2.04. The van der Waals surface area contributed by atoms with Gasteiger partial charge in [0.2, 0.25) is 0 Å². The zero-order valence-electron chi connectivity index (χ0n) is 11.4. The SMILES string of the molecule is CC(C)CNCc1nc(COCc2ccco2)cs1. The van der Waals surface area contributed by atoms with Crippen molar-refractivity contribution in [1.29, 1.82) is 0 Å². The van der Waals surface area contributed by atoms with Gasteiger partial charge in [0, 0.05) is 11.9 Å². The molecule has 0 aliphatic rings. The van der Waals surface area contributed by atoms with Crippen LogP contribution in [0.5, 0.6) is 0 Å². The third kappa shape index (κ3) is 5.14. The molecule has 0 saturated carbocycles. The van der Waals surface area contributed by atoms with Crippen molar-refractivity contribution < 1.29 is 9.15 Å². The van der Waals surface area contributed by atoms with Crippen molar-refractivity contribution in [2.24, 2.45) is 5.92 Å². The average molecular weight is 280 g/mol. The molecule has 0 spiro atoms. The van der Waals surface area contributed by atoms with Crippen LogP contribution in [0, 0.1) is 5.92 Å². The molecule has 0 atom stereocenters. The maximum absolute atomic E-state index is 5.55. The van der Waals surface area contributed by atoms with Crippen molar-refractivity contribution in [1.82, 2.24) is 10.3 Å². The standard InChI is InChI=1S/C14H20N2O2S/c1-11(2)6-15-7-14-16-12(10-19-14)8-17-9-13-4-3-5-18-13/h3-5,10-11,15H,6-9H2,1-2H3. The van der Waals surface area contributed by atoms with Crippen molar-refractivity contribution in [3.63, 3.8) is 0 Å². The highest BCUT2D eigenvalue weighted by Gasteiger charge is 2.03. The van der Waals surface area contributed by atoms with E-state index in [1.165, 1.54) is 0 Å². The van der Waals surface area contributed by atoms with Crippen LogP contribution in [0.1, 0.15) is 30.3 Å². The Bertz CT molecular complexity index is 466. The zero-order valence-corrected chi connectivity index (χ0v) is 12.2. The second-order valence-electron chi connectivity index (χ2n) is 4.83. The third-order valence-corrected chi connectivity index (χ3v) is 3.40. The molecule has 0 saturated heterocycles. The van der Waals surface area contributed by atoms with Crippen LogP contribution in [0.2, 0.25) is 0 Å². The first-order chi connectivity index (χ1) is 9.24. The molecule has 0 bridgehead atoms. The fourth-order valence-electron chi connectivity index (χ4n) is 1.62. The van der Waals surface area contributed by atoms with E-state index < -0.39 is 0 Å². The second kappa shape index (κ2) is 7.43. The predicted octanol–water partition coefficient (Wildman–Crippen LogP) is 3.20. The fraction of sp³-hybridized carbons (Fsp3) is 0.500. The summed E-state index contributed by atoms with van der Waals surface area (Å²) in [5.41, 5.74) is 0.984. The molecule has 2 aromatic heterocycles. The van der Waals surface area contributed by atoms with E-state index in [9.17, 15) is 0 Å². The van der Waals surface area contributed by atoms with Crippen LogP contribution >= 0.6 is 11.3 Å². The van der Waals surface area contributed by atoms with Crippen molar-refractivity contribution in [3.8, 4) is 0 Å². The van der Waals surface area contributed by atoms with Gasteiger partial charge in [-0.1, -0.05) is 13.8 Å². The molecule has 5 heteroatoms. The quantitative estimate of drug-likeness (QED) is 0.806. The van der Waals surface area contributed by atoms with E-state index in [-0.39, 0.29) is 0 Å². The number of furan rings is 1. The van der Waals surface area contributed by atoms with Crippen molar-refractivity contribution in [3.05, 3.63) is 40.2 Å². The summed E-state index contributed by atoms with van der Waals surface area (Å²) in [7, 11) is 0. The molecule has 0 amide bonds. The number of nitrogens with one attached hydrogen (secondary N) is 1. The van der Waals surface area contributed by atoms with E-state index in [4.69, 9.17) is 9.15 Å². The number of rotatable bonds is 8. The van der Waals surface area contributed by atoms with Crippen LogP contribution < -0.4 is 5.32 Å². The number of nitrogens with zero attached hydrogens (tertiary/aromatic N) is 1. The highest BCUT2D eigenvalue weighted by atomic mass is 32.1. The van der Waals surface area contributed by atoms with Gasteiger partial charge >= 0.3 is 0 Å². The first kappa shape index (κ1) is 14.2.